The Morgan fingerprint density at radius 3 is 2.65 bits per heavy atom. The zero-order valence-electron chi connectivity index (χ0n) is 9.28. The van der Waals surface area contributed by atoms with Crippen LogP contribution in [-0.2, 0) is 10.3 Å². The number of hydrogen-bond donors (Lipinski definition) is 2. The molecule has 0 heterocycles. The largest absolute Gasteiger partial charge is 0.480 e. The van der Waals surface area contributed by atoms with Gasteiger partial charge in [0.25, 0.3) is 0 Å². The second-order valence-electron chi connectivity index (χ2n) is 4.19. The van der Waals surface area contributed by atoms with Crippen LogP contribution in [0.15, 0.2) is 28.7 Å². The van der Waals surface area contributed by atoms with Gasteiger partial charge in [0.15, 0.2) is 0 Å². The third-order valence-corrected chi connectivity index (χ3v) is 3.66. The molecule has 3 nitrogen and oxygen atoms in total. The second kappa shape index (κ2) is 5.85. The number of carboxylic acid groups (broad SMARTS) is 1. The van der Waals surface area contributed by atoms with Crippen LogP contribution in [-0.4, -0.2) is 17.6 Å². The molecule has 1 aliphatic carbocycles. The average Bonchev–Trinajstić information content (AvgIpc) is 2.15. The van der Waals surface area contributed by atoms with E-state index in [1.165, 1.54) is 5.56 Å². The molecule has 17 heavy (non-hydrogen) atoms. The normalized spacial score (nSPS) is 16.8. The first-order chi connectivity index (χ1) is 7.62. The summed E-state index contributed by atoms with van der Waals surface area (Å²) in [7, 11) is 0. The van der Waals surface area contributed by atoms with Gasteiger partial charge in [0.1, 0.15) is 0 Å². The molecule has 0 atom stereocenters. The highest BCUT2D eigenvalue weighted by Crippen LogP contribution is 2.41. The predicted molar refractivity (Wildman–Crippen MR) is 72.6 cm³/mol. The van der Waals surface area contributed by atoms with E-state index in [4.69, 9.17) is 5.11 Å². The molecule has 0 aromatic heterocycles. The Balaban J connectivity index is 0.00000144. The zero-order chi connectivity index (χ0) is 11.6. The van der Waals surface area contributed by atoms with Gasteiger partial charge in [-0.05, 0) is 37.0 Å². The summed E-state index contributed by atoms with van der Waals surface area (Å²) in [6.07, 6.45) is 3.17. The van der Waals surface area contributed by atoms with Crippen molar-refractivity contribution >= 4 is 34.3 Å². The molecule has 94 valence electrons. The molecule has 1 aromatic carbocycles. The maximum absolute atomic E-state index is 10.6. The maximum atomic E-state index is 10.6. The fraction of sp³-hybridized carbons (Fsp3) is 0.417. The summed E-state index contributed by atoms with van der Waals surface area (Å²) in [6.45, 7) is 0.0204. The van der Waals surface area contributed by atoms with Gasteiger partial charge in [-0.15, -0.1) is 12.4 Å². The molecular formula is C12H15BrClNO2. The third-order valence-electron chi connectivity index (χ3n) is 3.16. The van der Waals surface area contributed by atoms with Crippen LogP contribution in [0.25, 0.3) is 0 Å². The standard InChI is InChI=1S/C12H14BrNO2.ClH/c13-10-4-1-3-9(7-10)12(5-2-6-12)14-8-11(15)16;/h1,3-4,7,14H,2,5-6,8H2,(H,15,16);1H. The van der Waals surface area contributed by atoms with Crippen molar-refractivity contribution in [2.75, 3.05) is 6.54 Å². The van der Waals surface area contributed by atoms with Crippen LogP contribution in [0.5, 0.6) is 0 Å². The first kappa shape index (κ1) is 14.5. The number of aliphatic carboxylic acids is 1. The Kier molecular flexibility index (Phi) is 4.98. The number of nitrogens with one attached hydrogen (secondary N) is 1. The highest BCUT2D eigenvalue weighted by Gasteiger charge is 2.38. The summed E-state index contributed by atoms with van der Waals surface area (Å²) in [6, 6.07) is 8.09. The Bertz CT molecular complexity index is 407. The van der Waals surface area contributed by atoms with Gasteiger partial charge in [-0.25, -0.2) is 0 Å². The smallest absolute Gasteiger partial charge is 0.317 e. The summed E-state index contributed by atoms with van der Waals surface area (Å²) in [5.74, 6) is -0.804. The first-order valence-corrected chi connectivity index (χ1v) is 6.15. The second-order valence-corrected chi connectivity index (χ2v) is 5.11. The lowest BCUT2D eigenvalue weighted by Gasteiger charge is -2.43. The van der Waals surface area contributed by atoms with E-state index in [0.29, 0.717) is 0 Å². The van der Waals surface area contributed by atoms with Crippen molar-refractivity contribution in [3.8, 4) is 0 Å². The molecule has 2 N–H and O–H groups in total. The highest BCUT2D eigenvalue weighted by atomic mass is 79.9. The molecule has 0 saturated heterocycles. The van der Waals surface area contributed by atoms with Crippen LogP contribution in [0.4, 0.5) is 0 Å². The highest BCUT2D eigenvalue weighted by molar-refractivity contribution is 9.10. The van der Waals surface area contributed by atoms with Gasteiger partial charge in [-0.2, -0.15) is 0 Å². The molecule has 1 saturated carbocycles. The lowest BCUT2D eigenvalue weighted by molar-refractivity contribution is -0.136. The predicted octanol–water partition coefficient (Wildman–Crippen LogP) is 2.92. The summed E-state index contributed by atoms with van der Waals surface area (Å²) >= 11 is 3.44. The van der Waals surface area contributed by atoms with Gasteiger partial charge in [0.05, 0.1) is 6.54 Å². The molecule has 1 aliphatic rings. The van der Waals surface area contributed by atoms with Crippen molar-refractivity contribution < 1.29 is 9.90 Å². The summed E-state index contributed by atoms with van der Waals surface area (Å²) < 4.78 is 1.04. The molecule has 1 aromatic rings. The van der Waals surface area contributed by atoms with Gasteiger partial charge in [-0.3, -0.25) is 10.1 Å². The minimum Gasteiger partial charge on any atom is -0.480 e. The van der Waals surface area contributed by atoms with E-state index < -0.39 is 5.97 Å². The minimum atomic E-state index is -0.804. The monoisotopic (exact) mass is 319 g/mol. The molecule has 0 unspecified atom stereocenters. The van der Waals surface area contributed by atoms with E-state index in [2.05, 4.69) is 33.4 Å². The number of carboxylic acids is 1. The molecule has 0 bridgehead atoms. The van der Waals surface area contributed by atoms with E-state index >= 15 is 0 Å². The van der Waals surface area contributed by atoms with E-state index in [9.17, 15) is 4.79 Å². The Hall–Kier alpha value is -0.580. The van der Waals surface area contributed by atoms with Crippen molar-refractivity contribution in [3.63, 3.8) is 0 Å². The van der Waals surface area contributed by atoms with E-state index in [0.717, 1.165) is 23.7 Å². The number of carbonyl (C=O) groups is 1. The number of rotatable bonds is 4. The van der Waals surface area contributed by atoms with E-state index in [1.807, 2.05) is 12.1 Å². The molecular weight excluding hydrogens is 305 g/mol. The van der Waals surface area contributed by atoms with Crippen LogP contribution in [0.2, 0.25) is 0 Å². The van der Waals surface area contributed by atoms with Gasteiger partial charge in [0, 0.05) is 10.0 Å². The van der Waals surface area contributed by atoms with Gasteiger partial charge < -0.3 is 5.11 Å². The molecule has 0 aliphatic heterocycles. The molecule has 1 fully saturated rings. The average molecular weight is 321 g/mol. The van der Waals surface area contributed by atoms with Crippen molar-refractivity contribution in [1.29, 1.82) is 0 Å². The van der Waals surface area contributed by atoms with Crippen LogP contribution < -0.4 is 5.32 Å². The van der Waals surface area contributed by atoms with Crippen molar-refractivity contribution in [2.45, 2.75) is 24.8 Å². The van der Waals surface area contributed by atoms with Crippen molar-refractivity contribution in [1.82, 2.24) is 5.32 Å². The van der Waals surface area contributed by atoms with E-state index in [1.54, 1.807) is 0 Å². The number of benzene rings is 1. The molecule has 5 heteroatoms. The Morgan fingerprint density at radius 1 is 1.47 bits per heavy atom. The molecule has 0 amide bonds. The lowest BCUT2D eigenvalue weighted by Crippen LogP contribution is -2.49. The Labute approximate surface area is 115 Å². The van der Waals surface area contributed by atoms with Gasteiger partial charge in [-0.1, -0.05) is 28.1 Å². The minimum absolute atomic E-state index is 0. The summed E-state index contributed by atoms with van der Waals surface area (Å²) in [5.41, 5.74) is 1.05. The van der Waals surface area contributed by atoms with Crippen LogP contribution in [0.3, 0.4) is 0 Å². The van der Waals surface area contributed by atoms with Crippen molar-refractivity contribution in [3.05, 3.63) is 34.3 Å². The Morgan fingerprint density at radius 2 is 2.18 bits per heavy atom. The van der Waals surface area contributed by atoms with Gasteiger partial charge in [0.2, 0.25) is 0 Å². The number of halogens is 2. The fourth-order valence-corrected chi connectivity index (χ4v) is 2.53. The fourth-order valence-electron chi connectivity index (χ4n) is 2.13. The lowest BCUT2D eigenvalue weighted by atomic mass is 9.72. The third kappa shape index (κ3) is 3.21. The quantitative estimate of drug-likeness (QED) is 0.897. The van der Waals surface area contributed by atoms with Crippen LogP contribution in [0, 0.1) is 0 Å². The number of hydrogen-bond acceptors (Lipinski definition) is 2. The molecule has 0 radical (unpaired) electrons. The summed E-state index contributed by atoms with van der Waals surface area (Å²) in [5, 5.41) is 11.9. The van der Waals surface area contributed by atoms with Gasteiger partial charge >= 0.3 is 5.97 Å². The SMILES string of the molecule is Cl.O=C(O)CNC1(c2cccc(Br)c2)CCC1. The molecule has 0 spiro atoms. The maximum Gasteiger partial charge on any atom is 0.317 e. The van der Waals surface area contributed by atoms with Crippen molar-refractivity contribution in [2.24, 2.45) is 0 Å². The first-order valence-electron chi connectivity index (χ1n) is 5.35. The van der Waals surface area contributed by atoms with Crippen LogP contribution in [0.1, 0.15) is 24.8 Å². The van der Waals surface area contributed by atoms with E-state index in [-0.39, 0.29) is 24.5 Å². The molecule has 2 rings (SSSR count). The summed E-state index contributed by atoms with van der Waals surface area (Å²) in [4.78, 5) is 10.6. The topological polar surface area (TPSA) is 49.3 Å². The van der Waals surface area contributed by atoms with Crippen LogP contribution >= 0.6 is 28.3 Å². The zero-order valence-corrected chi connectivity index (χ0v) is 11.7.